The van der Waals surface area contributed by atoms with Crippen molar-refractivity contribution in [1.29, 1.82) is 0 Å². The van der Waals surface area contributed by atoms with Crippen LogP contribution < -0.4 is 5.32 Å². The lowest BCUT2D eigenvalue weighted by molar-refractivity contribution is 0.104. The van der Waals surface area contributed by atoms with Crippen LogP contribution in [0, 0.1) is 0 Å². The Hall–Kier alpha value is -0.900. The molecule has 18 heavy (non-hydrogen) atoms. The van der Waals surface area contributed by atoms with E-state index in [0.717, 1.165) is 31.2 Å². The first kappa shape index (κ1) is 13.5. The summed E-state index contributed by atoms with van der Waals surface area (Å²) in [6, 6.07) is 9.79. The lowest BCUT2D eigenvalue weighted by atomic mass is 10.0. The molecule has 0 spiro atoms. The van der Waals surface area contributed by atoms with Crippen LogP contribution in [-0.4, -0.2) is 28.9 Å². The van der Waals surface area contributed by atoms with Crippen LogP contribution >= 0.6 is 0 Å². The Balaban J connectivity index is 1.83. The van der Waals surface area contributed by atoms with Crippen LogP contribution in [0.15, 0.2) is 30.3 Å². The topological polar surface area (TPSA) is 52.5 Å². The molecule has 1 aromatic carbocycles. The summed E-state index contributed by atoms with van der Waals surface area (Å²) < 4.78 is 0. The van der Waals surface area contributed by atoms with Crippen molar-refractivity contribution in [2.45, 2.75) is 50.4 Å². The first-order chi connectivity index (χ1) is 8.77. The molecule has 100 valence electrons. The average Bonchev–Trinajstić information content (AvgIpc) is 2.62. The molecule has 1 saturated carbocycles. The Kier molecular flexibility index (Phi) is 5.17. The third kappa shape index (κ3) is 3.80. The van der Waals surface area contributed by atoms with Gasteiger partial charge in [-0.2, -0.15) is 0 Å². The van der Waals surface area contributed by atoms with E-state index in [0.29, 0.717) is 6.54 Å². The smallest absolute Gasteiger partial charge is 0.0914 e. The Morgan fingerprint density at radius 1 is 1.11 bits per heavy atom. The molecule has 0 amide bonds. The molecule has 3 atom stereocenters. The standard InChI is InChI=1S/C15H23NO2/c17-14-10-6-2-5-9-13(14)16-11-15(18)12-7-3-1-4-8-12/h1,3-4,7-8,13-18H,2,5-6,9-11H2. The predicted molar refractivity (Wildman–Crippen MR) is 72.3 cm³/mol. The molecule has 1 aliphatic carbocycles. The van der Waals surface area contributed by atoms with E-state index < -0.39 is 6.10 Å². The molecule has 3 N–H and O–H groups in total. The fourth-order valence-electron chi connectivity index (χ4n) is 2.58. The van der Waals surface area contributed by atoms with E-state index in [1.165, 1.54) is 6.42 Å². The number of nitrogens with one attached hydrogen (secondary N) is 1. The van der Waals surface area contributed by atoms with E-state index in [1.54, 1.807) is 0 Å². The van der Waals surface area contributed by atoms with Crippen LogP contribution in [0.2, 0.25) is 0 Å². The number of benzene rings is 1. The molecule has 3 nitrogen and oxygen atoms in total. The maximum Gasteiger partial charge on any atom is 0.0914 e. The fraction of sp³-hybridized carbons (Fsp3) is 0.600. The van der Waals surface area contributed by atoms with Crippen LogP contribution in [0.5, 0.6) is 0 Å². The Labute approximate surface area is 109 Å². The minimum Gasteiger partial charge on any atom is -0.392 e. The van der Waals surface area contributed by atoms with Gasteiger partial charge in [0.15, 0.2) is 0 Å². The molecule has 0 aliphatic heterocycles. The van der Waals surface area contributed by atoms with Gasteiger partial charge in [0.05, 0.1) is 12.2 Å². The second kappa shape index (κ2) is 6.88. The molecule has 2 rings (SSSR count). The number of rotatable bonds is 4. The summed E-state index contributed by atoms with van der Waals surface area (Å²) in [7, 11) is 0. The van der Waals surface area contributed by atoms with Crippen molar-refractivity contribution < 1.29 is 10.2 Å². The van der Waals surface area contributed by atoms with Crippen molar-refractivity contribution >= 4 is 0 Å². The zero-order valence-electron chi connectivity index (χ0n) is 10.8. The minimum absolute atomic E-state index is 0.130. The quantitative estimate of drug-likeness (QED) is 0.715. The molecule has 0 radical (unpaired) electrons. The zero-order chi connectivity index (χ0) is 12.8. The third-order valence-electron chi connectivity index (χ3n) is 3.74. The normalized spacial score (nSPS) is 26.6. The van der Waals surface area contributed by atoms with Crippen molar-refractivity contribution in [2.75, 3.05) is 6.54 Å². The van der Waals surface area contributed by atoms with E-state index >= 15 is 0 Å². The fourth-order valence-corrected chi connectivity index (χ4v) is 2.58. The molecule has 0 heterocycles. The van der Waals surface area contributed by atoms with Gasteiger partial charge in [-0.15, -0.1) is 0 Å². The second-order valence-corrected chi connectivity index (χ2v) is 5.15. The molecule has 0 aromatic heterocycles. The summed E-state index contributed by atoms with van der Waals surface area (Å²) in [5, 5.41) is 23.4. The molecule has 0 bridgehead atoms. The lowest BCUT2D eigenvalue weighted by Gasteiger charge is -2.23. The third-order valence-corrected chi connectivity index (χ3v) is 3.74. The zero-order valence-corrected chi connectivity index (χ0v) is 10.8. The molecule has 1 fully saturated rings. The lowest BCUT2D eigenvalue weighted by Crippen LogP contribution is -2.41. The summed E-state index contributed by atoms with van der Waals surface area (Å²) in [6.07, 6.45) is 4.59. The summed E-state index contributed by atoms with van der Waals surface area (Å²) in [4.78, 5) is 0. The highest BCUT2D eigenvalue weighted by Crippen LogP contribution is 2.19. The van der Waals surface area contributed by atoms with E-state index in [1.807, 2.05) is 30.3 Å². The molecule has 1 aliphatic rings. The summed E-state index contributed by atoms with van der Waals surface area (Å²) >= 11 is 0. The van der Waals surface area contributed by atoms with Crippen LogP contribution in [0.25, 0.3) is 0 Å². The number of hydrogen-bond acceptors (Lipinski definition) is 3. The first-order valence-corrected chi connectivity index (χ1v) is 6.92. The van der Waals surface area contributed by atoms with E-state index in [4.69, 9.17) is 0 Å². The molecule has 0 saturated heterocycles. The Morgan fingerprint density at radius 2 is 1.83 bits per heavy atom. The van der Waals surface area contributed by atoms with Crippen molar-refractivity contribution in [3.8, 4) is 0 Å². The van der Waals surface area contributed by atoms with Crippen molar-refractivity contribution in [3.05, 3.63) is 35.9 Å². The first-order valence-electron chi connectivity index (χ1n) is 6.92. The van der Waals surface area contributed by atoms with Crippen LogP contribution in [0.1, 0.15) is 43.8 Å². The van der Waals surface area contributed by atoms with Gasteiger partial charge in [0.2, 0.25) is 0 Å². The molecular formula is C15H23NO2. The van der Waals surface area contributed by atoms with Crippen molar-refractivity contribution in [1.82, 2.24) is 5.32 Å². The molecule has 3 heteroatoms. The summed E-state index contributed by atoms with van der Waals surface area (Å²) in [5.74, 6) is 0. The van der Waals surface area contributed by atoms with Gasteiger partial charge < -0.3 is 15.5 Å². The average molecular weight is 249 g/mol. The van der Waals surface area contributed by atoms with Crippen LogP contribution in [0.4, 0.5) is 0 Å². The maximum atomic E-state index is 10.1. The highest BCUT2D eigenvalue weighted by Gasteiger charge is 2.21. The summed E-state index contributed by atoms with van der Waals surface area (Å²) in [5.41, 5.74) is 0.924. The van der Waals surface area contributed by atoms with Gasteiger partial charge in [-0.05, 0) is 18.4 Å². The Bertz CT molecular complexity index is 342. The van der Waals surface area contributed by atoms with Gasteiger partial charge in [-0.1, -0.05) is 49.6 Å². The molecular weight excluding hydrogens is 226 g/mol. The van der Waals surface area contributed by atoms with E-state index in [9.17, 15) is 10.2 Å². The largest absolute Gasteiger partial charge is 0.392 e. The van der Waals surface area contributed by atoms with Gasteiger partial charge in [0.25, 0.3) is 0 Å². The molecule has 3 unspecified atom stereocenters. The SMILES string of the molecule is OC(CNC1CCCCCC1O)c1ccccc1. The minimum atomic E-state index is -0.498. The number of aliphatic hydroxyl groups excluding tert-OH is 2. The van der Waals surface area contributed by atoms with E-state index in [2.05, 4.69) is 5.32 Å². The van der Waals surface area contributed by atoms with E-state index in [-0.39, 0.29) is 12.1 Å². The maximum absolute atomic E-state index is 10.1. The monoisotopic (exact) mass is 249 g/mol. The second-order valence-electron chi connectivity index (χ2n) is 5.15. The highest BCUT2D eigenvalue weighted by molar-refractivity contribution is 5.17. The number of aliphatic hydroxyl groups is 2. The highest BCUT2D eigenvalue weighted by atomic mass is 16.3. The summed E-state index contributed by atoms with van der Waals surface area (Å²) in [6.45, 7) is 0.506. The van der Waals surface area contributed by atoms with Crippen molar-refractivity contribution in [2.24, 2.45) is 0 Å². The van der Waals surface area contributed by atoms with Gasteiger partial charge in [0, 0.05) is 12.6 Å². The van der Waals surface area contributed by atoms with Crippen LogP contribution in [0.3, 0.4) is 0 Å². The van der Waals surface area contributed by atoms with Gasteiger partial charge in [-0.3, -0.25) is 0 Å². The van der Waals surface area contributed by atoms with Crippen molar-refractivity contribution in [3.63, 3.8) is 0 Å². The van der Waals surface area contributed by atoms with Gasteiger partial charge in [0.1, 0.15) is 0 Å². The predicted octanol–water partition coefficient (Wildman–Crippen LogP) is 2.00. The Morgan fingerprint density at radius 3 is 2.61 bits per heavy atom. The number of hydrogen-bond donors (Lipinski definition) is 3. The van der Waals surface area contributed by atoms with Crippen LogP contribution in [-0.2, 0) is 0 Å². The molecule has 1 aromatic rings. The van der Waals surface area contributed by atoms with Gasteiger partial charge in [-0.25, -0.2) is 0 Å². The van der Waals surface area contributed by atoms with Gasteiger partial charge >= 0.3 is 0 Å².